The first-order chi connectivity index (χ1) is 14.8. The van der Waals surface area contributed by atoms with Crippen LogP contribution in [0.2, 0.25) is 0 Å². The molecule has 0 radical (unpaired) electrons. The fraction of sp³-hybridized carbons (Fsp3) is 0.435. The highest BCUT2D eigenvalue weighted by molar-refractivity contribution is 7.92. The topological polar surface area (TPSA) is 96.0 Å². The van der Waals surface area contributed by atoms with Crippen molar-refractivity contribution < 1.29 is 8.42 Å². The van der Waals surface area contributed by atoms with Gasteiger partial charge in [-0.2, -0.15) is 0 Å². The van der Waals surface area contributed by atoms with Gasteiger partial charge in [0.1, 0.15) is 5.52 Å². The molecule has 3 N–H and O–H groups in total. The number of pyridine rings is 1. The van der Waals surface area contributed by atoms with Crippen LogP contribution in [0.1, 0.15) is 44.2 Å². The Morgan fingerprint density at radius 1 is 1.19 bits per heavy atom. The van der Waals surface area contributed by atoms with Crippen molar-refractivity contribution in [1.29, 1.82) is 0 Å². The van der Waals surface area contributed by atoms with E-state index < -0.39 is 10.0 Å². The van der Waals surface area contributed by atoms with E-state index in [1.54, 1.807) is 24.7 Å². The third kappa shape index (κ3) is 3.68. The van der Waals surface area contributed by atoms with Crippen molar-refractivity contribution in [3.8, 4) is 11.1 Å². The zero-order valence-corrected chi connectivity index (χ0v) is 18.7. The Labute approximate surface area is 181 Å². The first-order valence-electron chi connectivity index (χ1n) is 10.9. The van der Waals surface area contributed by atoms with Crippen LogP contribution in [0.5, 0.6) is 0 Å². The summed E-state index contributed by atoms with van der Waals surface area (Å²) in [6, 6.07) is 7.90. The molecule has 1 saturated heterocycles. The molecule has 8 heteroatoms. The quantitative estimate of drug-likeness (QED) is 0.566. The summed E-state index contributed by atoms with van der Waals surface area (Å²) in [6.07, 6.45) is 8.51. The van der Waals surface area contributed by atoms with Gasteiger partial charge >= 0.3 is 0 Å². The van der Waals surface area contributed by atoms with Crippen LogP contribution in [0.3, 0.4) is 0 Å². The number of aryl methyl sites for hydroxylation is 1. The smallest absolute Gasteiger partial charge is 0.274 e. The molecule has 31 heavy (non-hydrogen) atoms. The van der Waals surface area contributed by atoms with Crippen LogP contribution in [0, 0.1) is 5.41 Å². The number of rotatable bonds is 5. The number of aromatic amines is 1. The van der Waals surface area contributed by atoms with Gasteiger partial charge < -0.3 is 14.9 Å². The third-order valence-corrected chi connectivity index (χ3v) is 8.21. The highest BCUT2D eigenvalue weighted by Gasteiger charge is 2.46. The molecule has 3 heterocycles. The zero-order chi connectivity index (χ0) is 21.8. The molecule has 2 aromatic heterocycles. The Kier molecular flexibility index (Phi) is 4.75. The van der Waals surface area contributed by atoms with Gasteiger partial charge in [-0.25, -0.2) is 8.42 Å². The number of hydrogen-bond acceptors (Lipinski definition) is 4. The Morgan fingerprint density at radius 2 is 2.00 bits per heavy atom. The maximum Gasteiger partial charge on any atom is 0.274 e. The summed E-state index contributed by atoms with van der Waals surface area (Å²) in [5.74, 6) is 0.0126. The Balaban J connectivity index is 1.69. The summed E-state index contributed by atoms with van der Waals surface area (Å²) >= 11 is 0. The number of anilines is 1. The third-order valence-electron chi connectivity index (χ3n) is 6.91. The standard InChI is InChI=1S/C23H28N4O3S/c1-3-31(29,30)26-15-4-5-16(20-13-23(7-8-23)9-11-24-20)18(12-15)19-14-27(2)22(28)21-17(19)6-10-25-21/h4-6,10,12,14,20,24-26H,3,7-9,11,13H2,1-2H3. The fourth-order valence-corrected chi connectivity index (χ4v) is 5.49. The van der Waals surface area contributed by atoms with Gasteiger partial charge in [0.05, 0.1) is 5.75 Å². The molecule has 1 atom stereocenters. The largest absolute Gasteiger partial charge is 0.357 e. The lowest BCUT2D eigenvalue weighted by Crippen LogP contribution is -2.33. The van der Waals surface area contributed by atoms with Crippen LogP contribution in [-0.2, 0) is 17.1 Å². The van der Waals surface area contributed by atoms with Crippen LogP contribution in [-0.4, -0.2) is 30.3 Å². The predicted molar refractivity (Wildman–Crippen MR) is 124 cm³/mol. The summed E-state index contributed by atoms with van der Waals surface area (Å²) in [7, 11) is -1.65. The Hall–Kier alpha value is -2.58. The van der Waals surface area contributed by atoms with E-state index in [-0.39, 0.29) is 17.4 Å². The Morgan fingerprint density at radius 3 is 2.74 bits per heavy atom. The van der Waals surface area contributed by atoms with Crippen molar-refractivity contribution in [3.63, 3.8) is 0 Å². The van der Waals surface area contributed by atoms with Crippen LogP contribution in [0.4, 0.5) is 5.69 Å². The molecule has 164 valence electrons. The summed E-state index contributed by atoms with van der Waals surface area (Å²) in [5, 5.41) is 4.52. The van der Waals surface area contributed by atoms with Crippen LogP contribution in [0.25, 0.3) is 22.0 Å². The lowest BCUT2D eigenvalue weighted by Gasteiger charge is -2.32. The highest BCUT2D eigenvalue weighted by atomic mass is 32.2. The van der Waals surface area contributed by atoms with Crippen LogP contribution in [0.15, 0.2) is 41.5 Å². The molecule has 1 saturated carbocycles. The maximum atomic E-state index is 12.6. The van der Waals surface area contributed by atoms with E-state index in [1.165, 1.54) is 19.3 Å². The summed E-state index contributed by atoms with van der Waals surface area (Å²) in [6.45, 7) is 2.61. The van der Waals surface area contributed by atoms with Crippen molar-refractivity contribution in [3.05, 3.63) is 52.6 Å². The number of hydrogen-bond donors (Lipinski definition) is 3. The number of nitrogens with zero attached hydrogens (tertiary/aromatic N) is 1. The van der Waals surface area contributed by atoms with Gasteiger partial charge in [0.25, 0.3) is 5.56 Å². The molecular formula is C23H28N4O3S. The zero-order valence-electron chi connectivity index (χ0n) is 17.9. The number of benzene rings is 1. The number of piperidine rings is 1. The molecule has 1 spiro atoms. The molecule has 1 aromatic carbocycles. The van der Waals surface area contributed by atoms with Gasteiger partial charge in [-0.3, -0.25) is 9.52 Å². The second-order valence-corrected chi connectivity index (χ2v) is 11.0. The second kappa shape index (κ2) is 7.24. The monoisotopic (exact) mass is 440 g/mol. The van der Waals surface area contributed by atoms with Crippen LogP contribution >= 0.6 is 0 Å². The van der Waals surface area contributed by atoms with E-state index in [0.29, 0.717) is 16.6 Å². The summed E-state index contributed by atoms with van der Waals surface area (Å²) in [5.41, 5.74) is 4.49. The number of fused-ring (bicyclic) bond motifs is 1. The van der Waals surface area contributed by atoms with Crippen LogP contribution < -0.4 is 15.6 Å². The molecule has 1 unspecified atom stereocenters. The molecule has 5 rings (SSSR count). The lowest BCUT2D eigenvalue weighted by atomic mass is 9.83. The molecule has 0 bridgehead atoms. The fourth-order valence-electron chi connectivity index (χ4n) is 4.86. The van der Waals surface area contributed by atoms with Crippen molar-refractivity contribution >= 4 is 26.6 Å². The number of sulfonamides is 1. The van der Waals surface area contributed by atoms with Crippen molar-refractivity contribution in [2.45, 2.75) is 38.6 Å². The molecule has 3 aromatic rings. The van der Waals surface area contributed by atoms with E-state index in [1.807, 2.05) is 30.5 Å². The molecular weight excluding hydrogens is 412 g/mol. The minimum Gasteiger partial charge on any atom is -0.357 e. The first kappa shape index (κ1) is 20.3. The Bertz CT molecular complexity index is 1320. The number of H-pyrrole nitrogens is 1. The molecule has 0 amide bonds. The highest BCUT2D eigenvalue weighted by Crippen LogP contribution is 2.56. The summed E-state index contributed by atoms with van der Waals surface area (Å²) < 4.78 is 28.6. The lowest BCUT2D eigenvalue weighted by molar-refractivity contribution is 0.286. The average molecular weight is 441 g/mol. The van der Waals surface area contributed by atoms with E-state index in [4.69, 9.17) is 0 Å². The number of aromatic nitrogens is 2. The van der Waals surface area contributed by atoms with Crippen molar-refractivity contribution in [1.82, 2.24) is 14.9 Å². The molecule has 7 nitrogen and oxygen atoms in total. The van der Waals surface area contributed by atoms with Gasteiger partial charge in [0.2, 0.25) is 10.0 Å². The predicted octanol–water partition coefficient (Wildman–Crippen LogP) is 3.50. The maximum absolute atomic E-state index is 12.6. The van der Waals surface area contributed by atoms with Gasteiger partial charge in [-0.1, -0.05) is 6.07 Å². The average Bonchev–Trinajstić information content (AvgIpc) is 3.30. The van der Waals surface area contributed by atoms with Gasteiger partial charge in [0.15, 0.2) is 0 Å². The van der Waals surface area contributed by atoms with Gasteiger partial charge in [-0.15, -0.1) is 0 Å². The van der Waals surface area contributed by atoms with E-state index in [9.17, 15) is 13.2 Å². The minimum atomic E-state index is -3.39. The summed E-state index contributed by atoms with van der Waals surface area (Å²) in [4.78, 5) is 15.6. The molecule has 2 aliphatic rings. The molecule has 1 aliphatic carbocycles. The van der Waals surface area contributed by atoms with Gasteiger partial charge in [-0.05, 0) is 73.9 Å². The molecule has 2 fully saturated rings. The van der Waals surface area contributed by atoms with E-state index in [0.717, 1.165) is 35.0 Å². The SMILES string of the molecule is CCS(=O)(=O)Nc1ccc(C2CC3(CCN2)CC3)c(-c2cn(C)c(=O)c3[nH]ccc23)c1. The minimum absolute atomic E-state index is 0.0126. The van der Waals surface area contributed by atoms with Gasteiger partial charge in [0, 0.05) is 42.1 Å². The molecule has 1 aliphatic heterocycles. The second-order valence-electron chi connectivity index (χ2n) is 8.99. The van der Waals surface area contributed by atoms with E-state index >= 15 is 0 Å². The normalized spacial score (nSPS) is 20.3. The van der Waals surface area contributed by atoms with E-state index in [2.05, 4.69) is 15.0 Å². The number of nitrogens with one attached hydrogen (secondary N) is 3. The van der Waals surface area contributed by atoms with Crippen molar-refractivity contribution in [2.75, 3.05) is 17.0 Å². The first-order valence-corrected chi connectivity index (χ1v) is 12.5. The van der Waals surface area contributed by atoms with Crippen molar-refractivity contribution in [2.24, 2.45) is 12.5 Å².